The van der Waals surface area contributed by atoms with Crippen LogP contribution in [0.15, 0.2) is 41.8 Å². The van der Waals surface area contributed by atoms with E-state index in [-0.39, 0.29) is 24.1 Å². The summed E-state index contributed by atoms with van der Waals surface area (Å²) in [6.45, 7) is 2.34. The van der Waals surface area contributed by atoms with Gasteiger partial charge in [-0.15, -0.1) is 16.4 Å². The summed E-state index contributed by atoms with van der Waals surface area (Å²) in [5.41, 5.74) is 0.576. The van der Waals surface area contributed by atoms with Gasteiger partial charge in [-0.2, -0.15) is 0 Å². The summed E-state index contributed by atoms with van der Waals surface area (Å²) in [6, 6.07) is 9.46. The number of nitrogens with zero attached hydrogens (tertiary/aromatic N) is 3. The quantitative estimate of drug-likeness (QED) is 0.652. The Balaban J connectivity index is 1.84. The van der Waals surface area contributed by atoms with Crippen LogP contribution in [0.2, 0.25) is 0 Å². The summed E-state index contributed by atoms with van der Waals surface area (Å²) in [5, 5.41) is 11.3. The summed E-state index contributed by atoms with van der Waals surface area (Å²) < 4.78 is 14.7. The van der Waals surface area contributed by atoms with E-state index < -0.39 is 5.91 Å². The van der Waals surface area contributed by atoms with Gasteiger partial charge in [-0.1, -0.05) is 13.0 Å². The Morgan fingerprint density at radius 2 is 1.96 bits per heavy atom. The van der Waals surface area contributed by atoms with Gasteiger partial charge in [0.15, 0.2) is 5.82 Å². The van der Waals surface area contributed by atoms with Gasteiger partial charge in [0, 0.05) is 6.54 Å². The van der Waals surface area contributed by atoms with Crippen molar-refractivity contribution in [3.63, 3.8) is 0 Å². The minimum absolute atomic E-state index is 0.0639. The highest BCUT2D eigenvalue weighted by Gasteiger charge is 2.19. The fraction of sp³-hybridized carbons (Fsp3) is 0.222. The van der Waals surface area contributed by atoms with Crippen molar-refractivity contribution in [1.29, 1.82) is 0 Å². The van der Waals surface area contributed by atoms with E-state index in [0.717, 1.165) is 11.3 Å². The van der Waals surface area contributed by atoms with Gasteiger partial charge in [0.2, 0.25) is 11.7 Å². The first kappa shape index (κ1) is 18.7. The van der Waals surface area contributed by atoms with Gasteiger partial charge in [0.25, 0.3) is 5.91 Å². The Labute approximate surface area is 159 Å². The zero-order valence-electron chi connectivity index (χ0n) is 14.6. The maximum atomic E-state index is 13.2. The zero-order chi connectivity index (χ0) is 19.2. The first-order valence-electron chi connectivity index (χ1n) is 8.40. The molecule has 0 aliphatic carbocycles. The molecule has 2 heterocycles. The fourth-order valence-electron chi connectivity index (χ4n) is 2.30. The summed E-state index contributed by atoms with van der Waals surface area (Å²) in [6.07, 6.45) is 0.813. The highest BCUT2D eigenvalue weighted by molar-refractivity contribution is 7.13. The molecule has 0 atom stereocenters. The number of rotatable bonds is 7. The van der Waals surface area contributed by atoms with Crippen LogP contribution in [0, 0.1) is 5.82 Å². The Kier molecular flexibility index (Phi) is 5.92. The number of carbonyl (C=O) groups excluding carboxylic acids is 2. The standard InChI is InChI=1S/C18H18FN5O2S/c1-2-9-20-15(25)11-21-18(26)16-22-17(14-4-3-10-27-14)24(23-16)13-7-5-12(19)6-8-13/h3-8,10H,2,9,11H2,1H3,(H,20,25)(H,21,26). The lowest BCUT2D eigenvalue weighted by Crippen LogP contribution is -2.37. The lowest BCUT2D eigenvalue weighted by Gasteiger charge is -2.04. The van der Waals surface area contributed by atoms with Gasteiger partial charge in [-0.05, 0) is 42.1 Å². The summed E-state index contributed by atoms with van der Waals surface area (Å²) in [4.78, 5) is 29.1. The largest absolute Gasteiger partial charge is 0.355 e. The van der Waals surface area contributed by atoms with Gasteiger partial charge in [0.05, 0.1) is 17.1 Å². The average Bonchev–Trinajstić information content (AvgIpc) is 3.34. The number of thiophene rings is 1. The molecule has 3 aromatic rings. The molecule has 0 spiro atoms. The fourth-order valence-corrected chi connectivity index (χ4v) is 3.00. The summed E-state index contributed by atoms with van der Waals surface area (Å²) >= 11 is 1.45. The zero-order valence-corrected chi connectivity index (χ0v) is 15.4. The third-order valence-corrected chi connectivity index (χ3v) is 4.47. The van der Waals surface area contributed by atoms with Crippen molar-refractivity contribution >= 4 is 23.2 Å². The normalized spacial score (nSPS) is 10.6. The molecule has 0 saturated carbocycles. The molecule has 0 aliphatic rings. The van der Waals surface area contributed by atoms with Crippen molar-refractivity contribution < 1.29 is 14.0 Å². The van der Waals surface area contributed by atoms with Crippen molar-refractivity contribution in [3.8, 4) is 16.4 Å². The van der Waals surface area contributed by atoms with Gasteiger partial charge >= 0.3 is 0 Å². The van der Waals surface area contributed by atoms with Crippen LogP contribution in [0.5, 0.6) is 0 Å². The van der Waals surface area contributed by atoms with Crippen molar-refractivity contribution in [2.75, 3.05) is 13.1 Å². The molecule has 2 amide bonds. The number of hydrogen-bond acceptors (Lipinski definition) is 5. The van der Waals surface area contributed by atoms with E-state index in [1.165, 1.54) is 28.2 Å². The molecule has 0 fully saturated rings. The molecule has 9 heteroatoms. The Hall–Kier alpha value is -3.07. The molecule has 0 saturated heterocycles. The molecule has 2 N–H and O–H groups in total. The molecule has 0 radical (unpaired) electrons. The Morgan fingerprint density at radius 3 is 2.63 bits per heavy atom. The maximum absolute atomic E-state index is 13.2. The SMILES string of the molecule is CCCNC(=O)CNC(=O)c1nc(-c2cccs2)n(-c2ccc(F)cc2)n1. The first-order chi connectivity index (χ1) is 13.1. The van der Waals surface area contributed by atoms with Crippen LogP contribution in [0.3, 0.4) is 0 Å². The van der Waals surface area contributed by atoms with Gasteiger partial charge in [-0.3, -0.25) is 9.59 Å². The lowest BCUT2D eigenvalue weighted by molar-refractivity contribution is -0.120. The molecule has 1 aromatic carbocycles. The molecule has 0 aliphatic heterocycles. The van der Waals surface area contributed by atoms with Crippen molar-refractivity contribution in [2.45, 2.75) is 13.3 Å². The molecule has 2 aromatic heterocycles. The first-order valence-corrected chi connectivity index (χ1v) is 9.28. The van der Waals surface area contributed by atoms with Gasteiger partial charge in [-0.25, -0.2) is 14.1 Å². The van der Waals surface area contributed by atoms with E-state index in [1.54, 1.807) is 12.1 Å². The van der Waals surface area contributed by atoms with E-state index in [9.17, 15) is 14.0 Å². The monoisotopic (exact) mass is 387 g/mol. The number of carbonyl (C=O) groups is 2. The van der Waals surface area contributed by atoms with Gasteiger partial charge < -0.3 is 10.6 Å². The second-order valence-corrected chi connectivity index (χ2v) is 6.60. The van der Waals surface area contributed by atoms with Crippen LogP contribution in [-0.4, -0.2) is 39.7 Å². The van der Waals surface area contributed by atoms with Gasteiger partial charge in [0.1, 0.15) is 5.82 Å². The van der Waals surface area contributed by atoms with Crippen molar-refractivity contribution in [3.05, 3.63) is 53.4 Å². The van der Waals surface area contributed by atoms with Crippen LogP contribution in [-0.2, 0) is 4.79 Å². The van der Waals surface area contributed by atoms with E-state index in [0.29, 0.717) is 18.1 Å². The van der Waals surface area contributed by atoms with E-state index in [1.807, 2.05) is 24.4 Å². The molecule has 0 bridgehead atoms. The molecule has 0 unspecified atom stereocenters. The van der Waals surface area contributed by atoms with E-state index in [4.69, 9.17) is 0 Å². The third kappa shape index (κ3) is 4.56. The maximum Gasteiger partial charge on any atom is 0.291 e. The number of halogens is 1. The highest BCUT2D eigenvalue weighted by Crippen LogP contribution is 2.25. The van der Waals surface area contributed by atoms with Crippen molar-refractivity contribution in [2.24, 2.45) is 0 Å². The predicted octanol–water partition coefficient (Wildman–Crippen LogP) is 2.39. The van der Waals surface area contributed by atoms with E-state index >= 15 is 0 Å². The topological polar surface area (TPSA) is 88.9 Å². The second-order valence-electron chi connectivity index (χ2n) is 5.66. The van der Waals surface area contributed by atoms with Crippen LogP contribution < -0.4 is 10.6 Å². The average molecular weight is 387 g/mol. The molecule has 140 valence electrons. The number of aromatic nitrogens is 3. The molecule has 3 rings (SSSR count). The van der Waals surface area contributed by atoms with Crippen molar-refractivity contribution in [1.82, 2.24) is 25.4 Å². The molecular weight excluding hydrogens is 369 g/mol. The van der Waals surface area contributed by atoms with Crippen LogP contribution in [0.25, 0.3) is 16.4 Å². The molecule has 7 nitrogen and oxygen atoms in total. The predicted molar refractivity (Wildman–Crippen MR) is 100 cm³/mol. The third-order valence-electron chi connectivity index (χ3n) is 3.60. The summed E-state index contributed by atoms with van der Waals surface area (Å²) in [5.74, 6) is -0.794. The number of amides is 2. The Morgan fingerprint density at radius 1 is 1.19 bits per heavy atom. The number of hydrogen-bond donors (Lipinski definition) is 2. The smallest absolute Gasteiger partial charge is 0.291 e. The number of benzene rings is 1. The summed E-state index contributed by atoms with van der Waals surface area (Å²) in [7, 11) is 0. The molecular formula is C18H18FN5O2S. The minimum Gasteiger partial charge on any atom is -0.355 e. The number of nitrogens with one attached hydrogen (secondary N) is 2. The van der Waals surface area contributed by atoms with Crippen LogP contribution >= 0.6 is 11.3 Å². The van der Waals surface area contributed by atoms with Crippen LogP contribution in [0.1, 0.15) is 24.0 Å². The minimum atomic E-state index is -0.555. The van der Waals surface area contributed by atoms with Crippen LogP contribution in [0.4, 0.5) is 4.39 Å². The second kappa shape index (κ2) is 8.54. The van der Waals surface area contributed by atoms with E-state index in [2.05, 4.69) is 20.7 Å². The Bertz CT molecular complexity index is 922. The highest BCUT2D eigenvalue weighted by atomic mass is 32.1. The molecule has 27 heavy (non-hydrogen) atoms. The lowest BCUT2D eigenvalue weighted by atomic mass is 10.3.